The van der Waals surface area contributed by atoms with E-state index in [2.05, 4.69) is 24.8 Å². The smallest absolute Gasteiger partial charge is 0.225 e. The van der Waals surface area contributed by atoms with Gasteiger partial charge in [0.15, 0.2) is 0 Å². The Balaban J connectivity index is 1.68. The SMILES string of the molecule is Cc1cc(C)nc(N2CCN(c3ccc(N)nc3)CC2)n1. The van der Waals surface area contributed by atoms with Crippen LogP contribution >= 0.6 is 0 Å². The lowest BCUT2D eigenvalue weighted by molar-refractivity contribution is 0.637. The van der Waals surface area contributed by atoms with Crippen molar-refractivity contribution in [3.63, 3.8) is 0 Å². The van der Waals surface area contributed by atoms with Crippen LogP contribution in [0.2, 0.25) is 0 Å². The van der Waals surface area contributed by atoms with Gasteiger partial charge in [-0.25, -0.2) is 15.0 Å². The van der Waals surface area contributed by atoms with E-state index in [4.69, 9.17) is 5.73 Å². The predicted molar refractivity (Wildman–Crippen MR) is 84.6 cm³/mol. The average molecular weight is 284 g/mol. The molecule has 0 radical (unpaired) electrons. The van der Waals surface area contributed by atoms with Crippen LogP contribution in [0.15, 0.2) is 24.4 Å². The van der Waals surface area contributed by atoms with E-state index in [-0.39, 0.29) is 0 Å². The van der Waals surface area contributed by atoms with E-state index in [0.29, 0.717) is 5.82 Å². The predicted octanol–water partition coefficient (Wildman–Crippen LogP) is 1.40. The van der Waals surface area contributed by atoms with Crippen LogP contribution in [0.1, 0.15) is 11.4 Å². The molecule has 0 unspecified atom stereocenters. The summed E-state index contributed by atoms with van der Waals surface area (Å²) < 4.78 is 0. The number of nitrogens with two attached hydrogens (primary N) is 1. The lowest BCUT2D eigenvalue weighted by Gasteiger charge is -2.36. The Bertz CT molecular complexity index is 596. The number of rotatable bonds is 2. The second kappa shape index (κ2) is 5.55. The van der Waals surface area contributed by atoms with Crippen molar-refractivity contribution < 1.29 is 0 Å². The summed E-state index contributed by atoms with van der Waals surface area (Å²) in [6.45, 7) is 7.70. The molecule has 2 aromatic rings. The molecule has 0 aromatic carbocycles. The summed E-state index contributed by atoms with van der Waals surface area (Å²) in [5, 5.41) is 0. The first-order valence-corrected chi connectivity index (χ1v) is 7.15. The standard InChI is InChI=1S/C15H20N6/c1-11-9-12(2)19-15(18-11)21-7-5-20(6-8-21)13-3-4-14(16)17-10-13/h3-4,9-10H,5-8H2,1-2H3,(H2,16,17). The van der Waals surface area contributed by atoms with Gasteiger partial charge in [-0.05, 0) is 32.0 Å². The van der Waals surface area contributed by atoms with E-state index in [0.717, 1.165) is 49.2 Å². The molecular formula is C15H20N6. The van der Waals surface area contributed by atoms with E-state index in [9.17, 15) is 0 Å². The van der Waals surface area contributed by atoms with Crippen LogP contribution in [-0.2, 0) is 0 Å². The van der Waals surface area contributed by atoms with Crippen LogP contribution in [0.3, 0.4) is 0 Å². The van der Waals surface area contributed by atoms with Crippen molar-refractivity contribution in [3.8, 4) is 0 Å². The fraction of sp³-hybridized carbons (Fsp3) is 0.400. The highest BCUT2D eigenvalue weighted by Gasteiger charge is 2.19. The Labute approximate surface area is 124 Å². The highest BCUT2D eigenvalue weighted by Crippen LogP contribution is 2.18. The summed E-state index contributed by atoms with van der Waals surface area (Å²) in [6.07, 6.45) is 1.83. The number of nitrogen functional groups attached to an aromatic ring is 1. The first kappa shape index (κ1) is 13.6. The summed E-state index contributed by atoms with van der Waals surface area (Å²) in [7, 11) is 0. The Morgan fingerprint density at radius 2 is 1.57 bits per heavy atom. The molecule has 1 aliphatic heterocycles. The molecule has 1 saturated heterocycles. The van der Waals surface area contributed by atoms with E-state index in [1.807, 2.05) is 38.2 Å². The highest BCUT2D eigenvalue weighted by molar-refractivity contribution is 5.49. The molecule has 0 bridgehead atoms. The molecule has 0 saturated carbocycles. The fourth-order valence-electron chi connectivity index (χ4n) is 2.60. The molecule has 1 fully saturated rings. The summed E-state index contributed by atoms with van der Waals surface area (Å²) in [5.74, 6) is 1.39. The van der Waals surface area contributed by atoms with Crippen molar-refractivity contribution in [3.05, 3.63) is 35.8 Å². The lowest BCUT2D eigenvalue weighted by atomic mass is 10.2. The first-order valence-electron chi connectivity index (χ1n) is 7.15. The van der Waals surface area contributed by atoms with Crippen molar-refractivity contribution in [2.75, 3.05) is 41.7 Å². The zero-order valence-corrected chi connectivity index (χ0v) is 12.5. The van der Waals surface area contributed by atoms with Crippen molar-refractivity contribution in [2.24, 2.45) is 0 Å². The van der Waals surface area contributed by atoms with Crippen molar-refractivity contribution in [2.45, 2.75) is 13.8 Å². The summed E-state index contributed by atoms with van der Waals surface area (Å²) in [5.41, 5.74) is 8.78. The maximum Gasteiger partial charge on any atom is 0.225 e. The van der Waals surface area contributed by atoms with Gasteiger partial charge in [-0.3, -0.25) is 0 Å². The van der Waals surface area contributed by atoms with E-state index in [1.165, 1.54) is 0 Å². The molecule has 0 aliphatic carbocycles. The van der Waals surface area contributed by atoms with Crippen LogP contribution in [0.4, 0.5) is 17.5 Å². The van der Waals surface area contributed by atoms with E-state index >= 15 is 0 Å². The molecule has 1 aliphatic rings. The van der Waals surface area contributed by atoms with Crippen molar-refractivity contribution in [1.82, 2.24) is 15.0 Å². The number of anilines is 3. The minimum Gasteiger partial charge on any atom is -0.384 e. The van der Waals surface area contributed by atoms with Gasteiger partial charge in [-0.1, -0.05) is 0 Å². The topological polar surface area (TPSA) is 71.2 Å². The van der Waals surface area contributed by atoms with Crippen LogP contribution in [-0.4, -0.2) is 41.1 Å². The van der Waals surface area contributed by atoms with Crippen molar-refractivity contribution >= 4 is 17.5 Å². The van der Waals surface area contributed by atoms with Gasteiger partial charge in [0.2, 0.25) is 5.95 Å². The Morgan fingerprint density at radius 3 is 2.14 bits per heavy atom. The molecule has 0 amide bonds. The van der Waals surface area contributed by atoms with Gasteiger partial charge in [-0.15, -0.1) is 0 Å². The number of nitrogens with zero attached hydrogens (tertiary/aromatic N) is 5. The Hall–Kier alpha value is -2.37. The van der Waals surface area contributed by atoms with Gasteiger partial charge in [0, 0.05) is 37.6 Å². The third-order valence-electron chi connectivity index (χ3n) is 3.67. The molecule has 2 N–H and O–H groups in total. The summed E-state index contributed by atoms with van der Waals surface area (Å²) >= 11 is 0. The third kappa shape index (κ3) is 3.04. The molecule has 6 heteroatoms. The fourth-order valence-corrected chi connectivity index (χ4v) is 2.60. The van der Waals surface area contributed by atoms with E-state index in [1.54, 1.807) is 0 Å². The first-order chi connectivity index (χ1) is 10.1. The average Bonchev–Trinajstić information content (AvgIpc) is 2.47. The number of hydrogen-bond donors (Lipinski definition) is 1. The van der Waals surface area contributed by atoms with Crippen LogP contribution in [0.5, 0.6) is 0 Å². The molecule has 6 nitrogen and oxygen atoms in total. The molecule has 21 heavy (non-hydrogen) atoms. The molecule has 3 heterocycles. The van der Waals surface area contributed by atoms with Crippen LogP contribution in [0, 0.1) is 13.8 Å². The van der Waals surface area contributed by atoms with Crippen LogP contribution < -0.4 is 15.5 Å². The number of aromatic nitrogens is 3. The van der Waals surface area contributed by atoms with E-state index < -0.39 is 0 Å². The molecule has 110 valence electrons. The normalized spacial score (nSPS) is 15.3. The highest BCUT2D eigenvalue weighted by atomic mass is 15.3. The quantitative estimate of drug-likeness (QED) is 0.898. The maximum absolute atomic E-state index is 5.63. The number of hydrogen-bond acceptors (Lipinski definition) is 6. The number of pyridine rings is 1. The minimum absolute atomic E-state index is 0.557. The monoisotopic (exact) mass is 284 g/mol. The zero-order valence-electron chi connectivity index (χ0n) is 12.5. The second-order valence-electron chi connectivity index (χ2n) is 5.37. The summed E-state index contributed by atoms with van der Waals surface area (Å²) in [4.78, 5) is 17.8. The Kier molecular flexibility index (Phi) is 3.60. The third-order valence-corrected chi connectivity index (χ3v) is 3.67. The Morgan fingerprint density at radius 1 is 0.952 bits per heavy atom. The van der Waals surface area contributed by atoms with Crippen LogP contribution in [0.25, 0.3) is 0 Å². The zero-order chi connectivity index (χ0) is 14.8. The minimum atomic E-state index is 0.557. The van der Waals surface area contributed by atoms with Gasteiger partial charge in [0.1, 0.15) is 5.82 Å². The number of piperazine rings is 1. The van der Waals surface area contributed by atoms with Crippen molar-refractivity contribution in [1.29, 1.82) is 0 Å². The summed E-state index contributed by atoms with van der Waals surface area (Å²) in [6, 6.07) is 5.86. The van der Waals surface area contributed by atoms with Gasteiger partial charge < -0.3 is 15.5 Å². The largest absolute Gasteiger partial charge is 0.384 e. The maximum atomic E-state index is 5.63. The van der Waals surface area contributed by atoms with Gasteiger partial charge >= 0.3 is 0 Å². The number of aryl methyl sites for hydroxylation is 2. The van der Waals surface area contributed by atoms with Gasteiger partial charge in [0.05, 0.1) is 11.9 Å². The molecule has 2 aromatic heterocycles. The molecular weight excluding hydrogens is 264 g/mol. The molecule has 3 rings (SSSR count). The lowest BCUT2D eigenvalue weighted by Crippen LogP contribution is -2.47. The molecule has 0 atom stereocenters. The second-order valence-corrected chi connectivity index (χ2v) is 5.37. The van der Waals surface area contributed by atoms with Gasteiger partial charge in [-0.2, -0.15) is 0 Å². The van der Waals surface area contributed by atoms with Gasteiger partial charge in [0.25, 0.3) is 0 Å². The molecule has 0 spiro atoms.